The Morgan fingerprint density at radius 2 is 1.91 bits per heavy atom. The maximum absolute atomic E-state index is 12.6. The van der Waals surface area contributed by atoms with Gasteiger partial charge in [0.05, 0.1) is 13.7 Å². The molecule has 1 aliphatic carbocycles. The summed E-state index contributed by atoms with van der Waals surface area (Å²) in [6.45, 7) is 0.483. The lowest BCUT2D eigenvalue weighted by atomic mass is 9.86. The predicted molar refractivity (Wildman–Crippen MR) is 90.8 cm³/mol. The van der Waals surface area contributed by atoms with E-state index in [1.54, 1.807) is 14.2 Å². The molecule has 0 saturated carbocycles. The van der Waals surface area contributed by atoms with Crippen molar-refractivity contribution in [3.05, 3.63) is 70.3 Å². The van der Waals surface area contributed by atoms with Gasteiger partial charge in [-0.3, -0.25) is 4.79 Å². The minimum Gasteiger partial charge on any atom is -0.496 e. The number of ketones is 1. The molecule has 0 radical (unpaired) electrons. The van der Waals surface area contributed by atoms with Crippen molar-refractivity contribution in [3.8, 4) is 5.75 Å². The van der Waals surface area contributed by atoms with Crippen molar-refractivity contribution in [2.75, 3.05) is 14.2 Å². The summed E-state index contributed by atoms with van der Waals surface area (Å²) >= 11 is 0. The molecule has 0 amide bonds. The van der Waals surface area contributed by atoms with Crippen LogP contribution in [-0.2, 0) is 17.8 Å². The van der Waals surface area contributed by atoms with E-state index in [2.05, 4.69) is 0 Å². The number of ether oxygens (including phenoxy) is 2. The average molecular weight is 308 g/mol. The van der Waals surface area contributed by atoms with Crippen molar-refractivity contribution < 1.29 is 14.3 Å². The van der Waals surface area contributed by atoms with Gasteiger partial charge in [-0.05, 0) is 42.2 Å². The van der Waals surface area contributed by atoms with Crippen molar-refractivity contribution in [1.82, 2.24) is 0 Å². The van der Waals surface area contributed by atoms with Gasteiger partial charge in [0, 0.05) is 23.8 Å². The second-order valence-corrected chi connectivity index (χ2v) is 5.66. The van der Waals surface area contributed by atoms with Crippen molar-refractivity contribution in [2.45, 2.75) is 19.4 Å². The lowest BCUT2D eigenvalue weighted by molar-refractivity contribution is 0.102. The number of carbonyl (C=O) groups excluding carboxylic acids is 1. The summed E-state index contributed by atoms with van der Waals surface area (Å²) in [4.78, 5) is 12.6. The molecule has 1 aliphatic rings. The van der Waals surface area contributed by atoms with Crippen LogP contribution in [0.4, 0.5) is 0 Å². The van der Waals surface area contributed by atoms with Crippen LogP contribution < -0.4 is 4.74 Å². The third-order valence-corrected chi connectivity index (χ3v) is 4.16. The molecule has 3 rings (SSSR count). The van der Waals surface area contributed by atoms with E-state index < -0.39 is 0 Å². The minimum atomic E-state index is 0.135. The summed E-state index contributed by atoms with van der Waals surface area (Å²) < 4.78 is 10.6. The smallest absolute Gasteiger partial charge is 0.189 e. The maximum atomic E-state index is 12.6. The molecule has 0 unspecified atom stereocenters. The number of allylic oxidation sites excluding steroid dienone is 1. The summed E-state index contributed by atoms with van der Waals surface area (Å²) in [5, 5.41) is 0. The van der Waals surface area contributed by atoms with Crippen LogP contribution in [0.25, 0.3) is 6.08 Å². The van der Waals surface area contributed by atoms with Gasteiger partial charge in [-0.2, -0.15) is 0 Å². The van der Waals surface area contributed by atoms with Gasteiger partial charge in [0.1, 0.15) is 5.75 Å². The van der Waals surface area contributed by atoms with Crippen LogP contribution in [0.1, 0.15) is 33.5 Å². The van der Waals surface area contributed by atoms with Crippen LogP contribution >= 0.6 is 0 Å². The van der Waals surface area contributed by atoms with Gasteiger partial charge in [-0.1, -0.05) is 30.3 Å². The highest BCUT2D eigenvalue weighted by Gasteiger charge is 2.21. The summed E-state index contributed by atoms with van der Waals surface area (Å²) in [7, 11) is 3.31. The Hall–Kier alpha value is -2.39. The number of methoxy groups -OCH3 is 2. The van der Waals surface area contributed by atoms with E-state index in [9.17, 15) is 4.79 Å². The first-order chi connectivity index (χ1) is 11.2. The lowest BCUT2D eigenvalue weighted by Gasteiger charge is -2.17. The molecule has 2 aromatic carbocycles. The van der Waals surface area contributed by atoms with Gasteiger partial charge in [0.2, 0.25) is 0 Å². The van der Waals surface area contributed by atoms with Gasteiger partial charge >= 0.3 is 0 Å². The van der Waals surface area contributed by atoms with E-state index in [4.69, 9.17) is 9.47 Å². The number of carbonyl (C=O) groups is 1. The summed E-state index contributed by atoms with van der Waals surface area (Å²) in [5.41, 5.74) is 4.81. The molecule has 0 heterocycles. The maximum Gasteiger partial charge on any atom is 0.189 e. The fourth-order valence-corrected chi connectivity index (χ4v) is 3.01. The number of benzene rings is 2. The Labute approximate surface area is 136 Å². The highest BCUT2D eigenvalue weighted by Crippen LogP contribution is 2.28. The van der Waals surface area contributed by atoms with E-state index in [1.807, 2.05) is 48.5 Å². The largest absolute Gasteiger partial charge is 0.496 e. The van der Waals surface area contributed by atoms with Gasteiger partial charge in [-0.15, -0.1) is 0 Å². The molecule has 0 aliphatic heterocycles. The Morgan fingerprint density at radius 1 is 1.09 bits per heavy atom. The third-order valence-electron chi connectivity index (χ3n) is 4.16. The normalized spacial score (nSPS) is 15.6. The van der Waals surface area contributed by atoms with E-state index in [1.165, 1.54) is 0 Å². The minimum absolute atomic E-state index is 0.135. The van der Waals surface area contributed by atoms with Crippen LogP contribution in [0.3, 0.4) is 0 Å². The molecule has 3 nitrogen and oxygen atoms in total. The van der Waals surface area contributed by atoms with E-state index >= 15 is 0 Å². The Morgan fingerprint density at radius 3 is 2.70 bits per heavy atom. The van der Waals surface area contributed by atoms with Crippen LogP contribution in [0.15, 0.2) is 48.0 Å². The van der Waals surface area contributed by atoms with E-state index in [0.29, 0.717) is 6.61 Å². The van der Waals surface area contributed by atoms with Crippen LogP contribution in [0.2, 0.25) is 0 Å². The van der Waals surface area contributed by atoms with Crippen molar-refractivity contribution in [3.63, 3.8) is 0 Å². The molecule has 0 atom stereocenters. The second kappa shape index (κ2) is 6.80. The molecule has 0 fully saturated rings. The highest BCUT2D eigenvalue weighted by molar-refractivity contribution is 6.13. The van der Waals surface area contributed by atoms with Gasteiger partial charge < -0.3 is 9.47 Å². The molecular weight excluding hydrogens is 288 g/mol. The molecule has 118 valence electrons. The number of fused-ring (bicyclic) bond motifs is 1. The van der Waals surface area contributed by atoms with E-state index in [-0.39, 0.29) is 5.78 Å². The summed E-state index contributed by atoms with van der Waals surface area (Å²) in [6.07, 6.45) is 3.67. The molecule has 0 N–H and O–H groups in total. The first-order valence-corrected chi connectivity index (χ1v) is 7.72. The Balaban J connectivity index is 1.93. The topological polar surface area (TPSA) is 35.5 Å². The number of rotatable bonds is 4. The van der Waals surface area contributed by atoms with Gasteiger partial charge in [-0.25, -0.2) is 0 Å². The Bertz CT molecular complexity index is 759. The zero-order valence-corrected chi connectivity index (χ0v) is 13.5. The first-order valence-electron chi connectivity index (χ1n) is 7.72. The van der Waals surface area contributed by atoms with Crippen molar-refractivity contribution in [2.24, 2.45) is 0 Å². The highest BCUT2D eigenvalue weighted by atomic mass is 16.5. The average Bonchev–Trinajstić information content (AvgIpc) is 2.58. The predicted octanol–water partition coefficient (Wildman–Crippen LogP) is 4.05. The first kappa shape index (κ1) is 15.5. The van der Waals surface area contributed by atoms with Crippen molar-refractivity contribution in [1.29, 1.82) is 0 Å². The fraction of sp³-hybridized carbons (Fsp3) is 0.250. The monoisotopic (exact) mass is 308 g/mol. The second-order valence-electron chi connectivity index (χ2n) is 5.66. The SMILES string of the molecule is COCc1cc(/C=C2/CCc3ccccc3C2=O)ccc1OC. The quantitative estimate of drug-likeness (QED) is 0.799. The standard InChI is InChI=1S/C20H20O3/c1-22-13-17-12-14(7-10-19(17)23-2)11-16-9-8-15-5-3-4-6-18(15)20(16)21/h3-7,10-12H,8-9,13H2,1-2H3/b16-11-. The van der Waals surface area contributed by atoms with Crippen LogP contribution in [0.5, 0.6) is 5.75 Å². The molecular formula is C20H20O3. The molecule has 0 bridgehead atoms. The fourth-order valence-electron chi connectivity index (χ4n) is 3.01. The number of hydrogen-bond acceptors (Lipinski definition) is 3. The third kappa shape index (κ3) is 3.20. The molecule has 0 saturated heterocycles. The molecule has 2 aromatic rings. The zero-order valence-electron chi connectivity index (χ0n) is 13.5. The molecule has 3 heteroatoms. The van der Waals surface area contributed by atoms with Crippen LogP contribution in [-0.4, -0.2) is 20.0 Å². The van der Waals surface area contributed by atoms with Crippen molar-refractivity contribution >= 4 is 11.9 Å². The van der Waals surface area contributed by atoms with Crippen LogP contribution in [0, 0.1) is 0 Å². The Kier molecular flexibility index (Phi) is 4.58. The molecule has 0 spiro atoms. The summed E-state index contributed by atoms with van der Waals surface area (Å²) in [5.74, 6) is 0.935. The van der Waals surface area contributed by atoms with E-state index in [0.717, 1.165) is 46.4 Å². The summed E-state index contributed by atoms with van der Waals surface area (Å²) in [6, 6.07) is 13.8. The number of Topliss-reactive ketones (excluding diaryl/α,β-unsaturated/α-hetero) is 1. The number of hydrogen-bond donors (Lipinski definition) is 0. The van der Waals surface area contributed by atoms with Gasteiger partial charge in [0.25, 0.3) is 0 Å². The zero-order chi connectivity index (χ0) is 16.2. The number of aryl methyl sites for hydroxylation is 1. The molecule has 23 heavy (non-hydrogen) atoms. The lowest BCUT2D eigenvalue weighted by Crippen LogP contribution is -2.13. The molecule has 0 aromatic heterocycles. The van der Waals surface area contributed by atoms with Gasteiger partial charge in [0.15, 0.2) is 5.78 Å².